The number of benzene rings is 1. The van der Waals surface area contributed by atoms with Crippen LogP contribution in [-0.2, 0) is 19.1 Å². The minimum absolute atomic E-state index is 0.273. The van der Waals surface area contributed by atoms with Crippen LogP contribution in [0.25, 0.3) is 0 Å². The van der Waals surface area contributed by atoms with Gasteiger partial charge in [0.2, 0.25) is 0 Å². The number of carbonyl (C=O) groups is 2. The van der Waals surface area contributed by atoms with E-state index in [2.05, 4.69) is 0 Å². The summed E-state index contributed by atoms with van der Waals surface area (Å²) in [6.07, 6.45) is -0.872. The van der Waals surface area contributed by atoms with E-state index in [1.54, 1.807) is 13.8 Å². The molecule has 0 heterocycles. The lowest BCUT2D eigenvalue weighted by Crippen LogP contribution is -2.28. The molecule has 2 unspecified atom stereocenters. The summed E-state index contributed by atoms with van der Waals surface area (Å²) in [5, 5.41) is 0. The van der Waals surface area contributed by atoms with E-state index in [-0.39, 0.29) is 6.61 Å². The van der Waals surface area contributed by atoms with Crippen LogP contribution >= 0.6 is 0 Å². The first-order chi connectivity index (χ1) is 8.56. The van der Waals surface area contributed by atoms with Crippen molar-refractivity contribution in [1.29, 1.82) is 0 Å². The van der Waals surface area contributed by atoms with E-state index in [4.69, 9.17) is 9.47 Å². The summed E-state index contributed by atoms with van der Waals surface area (Å²) in [6.45, 7) is 5.23. The minimum Gasteiger partial charge on any atom is -0.463 e. The van der Waals surface area contributed by atoms with Gasteiger partial charge < -0.3 is 9.47 Å². The Morgan fingerprint density at radius 2 is 1.72 bits per heavy atom. The van der Waals surface area contributed by atoms with Gasteiger partial charge in [0.25, 0.3) is 0 Å². The van der Waals surface area contributed by atoms with E-state index in [0.29, 0.717) is 0 Å². The smallest absolute Gasteiger partial charge is 0.347 e. The number of esters is 2. The first-order valence-corrected chi connectivity index (χ1v) is 5.98. The topological polar surface area (TPSA) is 52.6 Å². The summed E-state index contributed by atoms with van der Waals surface area (Å²) in [5.41, 5.74) is 0.860. The Balaban J connectivity index is 2.58. The fourth-order valence-corrected chi connectivity index (χ4v) is 1.46. The average Bonchev–Trinajstić information content (AvgIpc) is 2.39. The molecule has 0 aliphatic heterocycles. The summed E-state index contributed by atoms with van der Waals surface area (Å²) in [5.74, 6) is -1.35. The Morgan fingerprint density at radius 3 is 2.28 bits per heavy atom. The molecule has 1 rings (SSSR count). The molecular weight excluding hydrogens is 232 g/mol. The third-order valence-electron chi connectivity index (χ3n) is 2.56. The third-order valence-corrected chi connectivity index (χ3v) is 2.56. The maximum Gasteiger partial charge on any atom is 0.347 e. The molecular formula is C14H18O4. The molecule has 18 heavy (non-hydrogen) atoms. The molecule has 98 valence electrons. The highest BCUT2D eigenvalue weighted by Gasteiger charge is 2.23. The SMILES string of the molecule is CCOC(=O)C(C)OC(=O)C(C)c1ccccc1. The Kier molecular flexibility index (Phi) is 5.36. The van der Waals surface area contributed by atoms with Gasteiger partial charge in [-0.3, -0.25) is 4.79 Å². The Bertz CT molecular complexity index is 400. The van der Waals surface area contributed by atoms with Crippen molar-refractivity contribution in [2.75, 3.05) is 6.61 Å². The Morgan fingerprint density at radius 1 is 1.11 bits per heavy atom. The summed E-state index contributed by atoms with van der Waals surface area (Å²) >= 11 is 0. The second-order valence-electron chi connectivity index (χ2n) is 3.96. The molecule has 0 aliphatic rings. The first-order valence-electron chi connectivity index (χ1n) is 5.98. The van der Waals surface area contributed by atoms with E-state index in [1.165, 1.54) is 6.92 Å². The van der Waals surface area contributed by atoms with Gasteiger partial charge in [-0.1, -0.05) is 30.3 Å². The molecule has 0 radical (unpaired) electrons. The molecule has 0 fully saturated rings. The lowest BCUT2D eigenvalue weighted by Gasteiger charge is -2.15. The predicted molar refractivity (Wildman–Crippen MR) is 67.0 cm³/mol. The molecule has 0 amide bonds. The molecule has 0 bridgehead atoms. The van der Waals surface area contributed by atoms with E-state index in [1.807, 2.05) is 30.3 Å². The molecule has 4 nitrogen and oxygen atoms in total. The fourth-order valence-electron chi connectivity index (χ4n) is 1.46. The summed E-state index contributed by atoms with van der Waals surface area (Å²) < 4.78 is 9.84. The summed E-state index contributed by atoms with van der Waals surface area (Å²) in [7, 11) is 0. The van der Waals surface area contributed by atoms with Gasteiger partial charge in [0, 0.05) is 0 Å². The Hall–Kier alpha value is -1.84. The number of carbonyl (C=O) groups excluding carboxylic acids is 2. The molecule has 1 aromatic carbocycles. The van der Waals surface area contributed by atoms with Crippen molar-refractivity contribution in [3.63, 3.8) is 0 Å². The van der Waals surface area contributed by atoms with E-state index in [9.17, 15) is 9.59 Å². The predicted octanol–water partition coefficient (Wildman–Crippen LogP) is 2.28. The van der Waals surface area contributed by atoms with Crippen LogP contribution in [0.3, 0.4) is 0 Å². The van der Waals surface area contributed by atoms with Gasteiger partial charge in [0.1, 0.15) is 0 Å². The van der Waals surface area contributed by atoms with Gasteiger partial charge in [0.05, 0.1) is 12.5 Å². The maximum absolute atomic E-state index is 11.8. The van der Waals surface area contributed by atoms with Crippen molar-refractivity contribution in [2.24, 2.45) is 0 Å². The summed E-state index contributed by atoms with van der Waals surface area (Å²) in [4.78, 5) is 23.2. The molecule has 0 spiro atoms. The number of ether oxygens (including phenoxy) is 2. The van der Waals surface area contributed by atoms with E-state index in [0.717, 1.165) is 5.56 Å². The highest BCUT2D eigenvalue weighted by Crippen LogP contribution is 2.17. The highest BCUT2D eigenvalue weighted by atomic mass is 16.6. The van der Waals surface area contributed by atoms with Gasteiger partial charge in [-0.05, 0) is 26.3 Å². The van der Waals surface area contributed by atoms with Gasteiger partial charge in [-0.25, -0.2) is 4.79 Å². The van der Waals surface area contributed by atoms with Crippen LogP contribution in [0.2, 0.25) is 0 Å². The minimum atomic E-state index is -0.872. The van der Waals surface area contributed by atoms with Crippen LogP contribution in [0.4, 0.5) is 0 Å². The maximum atomic E-state index is 11.8. The van der Waals surface area contributed by atoms with Crippen molar-refractivity contribution >= 4 is 11.9 Å². The van der Waals surface area contributed by atoms with Crippen molar-refractivity contribution in [3.05, 3.63) is 35.9 Å². The summed E-state index contributed by atoms with van der Waals surface area (Å²) in [6, 6.07) is 9.28. The zero-order valence-corrected chi connectivity index (χ0v) is 10.9. The number of hydrogen-bond acceptors (Lipinski definition) is 4. The van der Waals surface area contributed by atoms with Crippen molar-refractivity contribution in [2.45, 2.75) is 32.8 Å². The van der Waals surface area contributed by atoms with Crippen molar-refractivity contribution in [1.82, 2.24) is 0 Å². The molecule has 0 N–H and O–H groups in total. The van der Waals surface area contributed by atoms with E-state index < -0.39 is 24.0 Å². The number of rotatable bonds is 5. The average molecular weight is 250 g/mol. The zero-order valence-electron chi connectivity index (χ0n) is 10.9. The standard InChI is InChI=1S/C14H18O4/c1-4-17-14(16)11(3)18-13(15)10(2)12-8-6-5-7-9-12/h5-11H,4H2,1-3H3. The molecule has 2 atom stereocenters. The van der Waals surface area contributed by atoms with Gasteiger partial charge in [-0.15, -0.1) is 0 Å². The molecule has 0 aromatic heterocycles. The van der Waals surface area contributed by atoms with Gasteiger partial charge in [-0.2, -0.15) is 0 Å². The Labute approximate surface area is 107 Å². The normalized spacial score (nSPS) is 13.5. The zero-order chi connectivity index (χ0) is 13.5. The largest absolute Gasteiger partial charge is 0.463 e. The van der Waals surface area contributed by atoms with Crippen LogP contribution in [-0.4, -0.2) is 24.6 Å². The molecule has 0 saturated carbocycles. The quantitative estimate of drug-likeness (QED) is 0.752. The van der Waals surface area contributed by atoms with Crippen LogP contribution in [0.5, 0.6) is 0 Å². The van der Waals surface area contributed by atoms with Crippen LogP contribution in [0, 0.1) is 0 Å². The molecule has 4 heteroatoms. The van der Waals surface area contributed by atoms with Crippen LogP contribution in [0.15, 0.2) is 30.3 Å². The second kappa shape index (κ2) is 6.79. The van der Waals surface area contributed by atoms with E-state index >= 15 is 0 Å². The second-order valence-corrected chi connectivity index (χ2v) is 3.96. The lowest BCUT2D eigenvalue weighted by molar-refractivity contribution is -0.167. The molecule has 0 saturated heterocycles. The van der Waals surface area contributed by atoms with Crippen LogP contribution in [0.1, 0.15) is 32.3 Å². The lowest BCUT2D eigenvalue weighted by atomic mass is 10.0. The van der Waals surface area contributed by atoms with Gasteiger partial charge in [0.15, 0.2) is 6.10 Å². The number of hydrogen-bond donors (Lipinski definition) is 0. The van der Waals surface area contributed by atoms with Crippen LogP contribution < -0.4 is 0 Å². The van der Waals surface area contributed by atoms with Crippen molar-refractivity contribution < 1.29 is 19.1 Å². The monoisotopic (exact) mass is 250 g/mol. The van der Waals surface area contributed by atoms with Gasteiger partial charge >= 0.3 is 11.9 Å². The molecule has 1 aromatic rings. The fraction of sp³-hybridized carbons (Fsp3) is 0.429. The highest BCUT2D eigenvalue weighted by molar-refractivity contribution is 5.82. The molecule has 0 aliphatic carbocycles. The third kappa shape index (κ3) is 3.87. The van der Waals surface area contributed by atoms with Crippen molar-refractivity contribution in [3.8, 4) is 0 Å². The first kappa shape index (κ1) is 14.2.